The van der Waals surface area contributed by atoms with Crippen molar-refractivity contribution in [2.75, 3.05) is 13.1 Å². The second-order valence-electron chi connectivity index (χ2n) is 6.79. The van der Waals surface area contributed by atoms with Crippen LogP contribution in [0.3, 0.4) is 0 Å². The maximum atomic E-state index is 13.1. The number of hydrogen-bond acceptors (Lipinski definition) is 3. The number of aliphatic hydroxyl groups is 1. The number of rotatable bonds is 7. The van der Waals surface area contributed by atoms with Gasteiger partial charge in [0.05, 0.1) is 12.6 Å². The highest BCUT2D eigenvalue weighted by Crippen LogP contribution is 2.24. The van der Waals surface area contributed by atoms with Crippen molar-refractivity contribution < 1.29 is 23.5 Å². The van der Waals surface area contributed by atoms with E-state index in [0.29, 0.717) is 6.07 Å². The number of amides is 2. The Labute approximate surface area is 140 Å². The van der Waals surface area contributed by atoms with Crippen LogP contribution in [0.15, 0.2) is 18.2 Å². The maximum Gasteiger partial charge on any atom is 0.251 e. The molecule has 134 valence electrons. The van der Waals surface area contributed by atoms with Crippen LogP contribution in [-0.2, 0) is 4.79 Å². The van der Waals surface area contributed by atoms with Crippen LogP contribution in [-0.4, -0.2) is 36.1 Å². The van der Waals surface area contributed by atoms with Gasteiger partial charge in [0.15, 0.2) is 0 Å². The number of halogens is 2. The summed E-state index contributed by atoms with van der Waals surface area (Å²) in [5.41, 5.74) is -0.727. The zero-order valence-electron chi connectivity index (χ0n) is 14.3. The molecule has 1 rings (SSSR count). The summed E-state index contributed by atoms with van der Waals surface area (Å²) in [5, 5.41) is 15.0. The Morgan fingerprint density at radius 3 is 2.17 bits per heavy atom. The van der Waals surface area contributed by atoms with Crippen LogP contribution in [0.5, 0.6) is 0 Å². The van der Waals surface area contributed by atoms with E-state index in [-0.39, 0.29) is 24.6 Å². The van der Waals surface area contributed by atoms with Crippen LogP contribution in [0, 0.1) is 23.0 Å². The number of carbonyl (C=O) groups is 2. The lowest BCUT2D eigenvalue weighted by Gasteiger charge is -2.33. The molecule has 0 bridgehead atoms. The molecule has 0 radical (unpaired) electrons. The molecule has 24 heavy (non-hydrogen) atoms. The molecule has 0 saturated heterocycles. The van der Waals surface area contributed by atoms with E-state index in [4.69, 9.17) is 0 Å². The number of benzene rings is 1. The standard InChI is InChI=1S/C17H24F2N2O3/c1-10(2)15(23)17(3,4)9-21-14(22)8-20-16(24)11-5-12(18)7-13(19)6-11/h5-7,10,15,23H,8-9H2,1-4H3,(H,20,24)(H,21,22). The van der Waals surface area contributed by atoms with Gasteiger partial charge in [-0.05, 0) is 18.1 Å². The second-order valence-corrected chi connectivity index (χ2v) is 6.79. The van der Waals surface area contributed by atoms with E-state index < -0.39 is 35.0 Å². The van der Waals surface area contributed by atoms with Gasteiger partial charge in [0.1, 0.15) is 11.6 Å². The molecule has 0 fully saturated rings. The molecule has 1 aromatic carbocycles. The molecule has 0 aliphatic heterocycles. The summed E-state index contributed by atoms with van der Waals surface area (Å²) in [4.78, 5) is 23.6. The second kappa shape index (κ2) is 8.19. The molecule has 0 saturated carbocycles. The molecule has 1 aromatic rings. The first kappa shape index (κ1) is 20.0. The Balaban J connectivity index is 2.50. The Hall–Kier alpha value is -2.02. The molecule has 5 nitrogen and oxygen atoms in total. The van der Waals surface area contributed by atoms with Gasteiger partial charge in [-0.1, -0.05) is 27.7 Å². The first-order valence-electron chi connectivity index (χ1n) is 7.72. The van der Waals surface area contributed by atoms with E-state index in [1.54, 1.807) is 0 Å². The van der Waals surface area contributed by atoms with E-state index in [0.717, 1.165) is 12.1 Å². The molecule has 3 N–H and O–H groups in total. The molecule has 7 heteroatoms. The van der Waals surface area contributed by atoms with Crippen LogP contribution in [0.2, 0.25) is 0 Å². The van der Waals surface area contributed by atoms with Crippen LogP contribution in [0.4, 0.5) is 8.78 Å². The summed E-state index contributed by atoms with van der Waals surface area (Å²) in [6.07, 6.45) is -0.595. The van der Waals surface area contributed by atoms with Crippen molar-refractivity contribution in [3.8, 4) is 0 Å². The quantitative estimate of drug-likeness (QED) is 0.708. The van der Waals surface area contributed by atoms with E-state index in [9.17, 15) is 23.5 Å². The lowest BCUT2D eigenvalue weighted by molar-refractivity contribution is -0.121. The Bertz CT molecular complexity index is 583. The van der Waals surface area contributed by atoms with Crippen molar-refractivity contribution in [2.45, 2.75) is 33.8 Å². The fourth-order valence-electron chi connectivity index (χ4n) is 2.34. The summed E-state index contributed by atoms with van der Waals surface area (Å²) in [7, 11) is 0. The van der Waals surface area contributed by atoms with E-state index in [2.05, 4.69) is 10.6 Å². The topological polar surface area (TPSA) is 78.4 Å². The van der Waals surface area contributed by atoms with Gasteiger partial charge in [-0.25, -0.2) is 8.78 Å². The zero-order chi connectivity index (χ0) is 18.5. The van der Waals surface area contributed by atoms with Crippen molar-refractivity contribution in [3.63, 3.8) is 0 Å². The molecular formula is C17H24F2N2O3. The SMILES string of the molecule is CC(C)C(O)C(C)(C)CNC(=O)CNC(=O)c1cc(F)cc(F)c1. The summed E-state index contributed by atoms with van der Waals surface area (Å²) in [5.74, 6) is -2.89. The highest BCUT2D eigenvalue weighted by atomic mass is 19.1. The lowest BCUT2D eigenvalue weighted by Crippen LogP contribution is -2.46. The molecule has 2 amide bonds. The maximum absolute atomic E-state index is 13.1. The minimum Gasteiger partial charge on any atom is -0.392 e. The molecule has 0 spiro atoms. The molecular weight excluding hydrogens is 318 g/mol. The third kappa shape index (κ3) is 5.88. The minimum absolute atomic E-state index is 0.0412. The van der Waals surface area contributed by atoms with Crippen molar-refractivity contribution in [1.29, 1.82) is 0 Å². The van der Waals surface area contributed by atoms with Crippen molar-refractivity contribution in [2.24, 2.45) is 11.3 Å². The summed E-state index contributed by atoms with van der Waals surface area (Å²) in [6, 6.07) is 2.43. The monoisotopic (exact) mass is 342 g/mol. The van der Waals surface area contributed by atoms with Gasteiger partial charge in [0, 0.05) is 23.6 Å². The first-order chi connectivity index (χ1) is 11.0. The largest absolute Gasteiger partial charge is 0.392 e. The molecule has 0 heterocycles. The van der Waals surface area contributed by atoms with Crippen LogP contribution < -0.4 is 10.6 Å². The Morgan fingerprint density at radius 2 is 1.67 bits per heavy atom. The van der Waals surface area contributed by atoms with Gasteiger partial charge in [0.25, 0.3) is 5.91 Å². The zero-order valence-corrected chi connectivity index (χ0v) is 14.3. The van der Waals surface area contributed by atoms with Gasteiger partial charge < -0.3 is 15.7 Å². The predicted molar refractivity (Wildman–Crippen MR) is 86.3 cm³/mol. The van der Waals surface area contributed by atoms with E-state index in [1.165, 1.54) is 0 Å². The van der Waals surface area contributed by atoms with Crippen molar-refractivity contribution in [3.05, 3.63) is 35.4 Å². The lowest BCUT2D eigenvalue weighted by atomic mass is 9.81. The van der Waals surface area contributed by atoms with Gasteiger partial charge in [-0.15, -0.1) is 0 Å². The average Bonchev–Trinajstić information content (AvgIpc) is 2.48. The third-order valence-corrected chi connectivity index (χ3v) is 3.71. The van der Waals surface area contributed by atoms with Crippen LogP contribution >= 0.6 is 0 Å². The summed E-state index contributed by atoms with van der Waals surface area (Å²) in [6.45, 7) is 7.32. The number of nitrogens with one attached hydrogen (secondary N) is 2. The first-order valence-corrected chi connectivity index (χ1v) is 7.72. The predicted octanol–water partition coefficient (Wildman–Crippen LogP) is 1.85. The molecule has 0 aromatic heterocycles. The third-order valence-electron chi connectivity index (χ3n) is 3.71. The average molecular weight is 342 g/mol. The Kier molecular flexibility index (Phi) is 6.83. The normalized spacial score (nSPS) is 12.8. The smallest absolute Gasteiger partial charge is 0.251 e. The van der Waals surface area contributed by atoms with Crippen molar-refractivity contribution >= 4 is 11.8 Å². The van der Waals surface area contributed by atoms with Crippen LogP contribution in [0.1, 0.15) is 38.1 Å². The van der Waals surface area contributed by atoms with Crippen LogP contribution in [0.25, 0.3) is 0 Å². The number of aliphatic hydroxyl groups excluding tert-OH is 1. The highest BCUT2D eigenvalue weighted by Gasteiger charge is 2.30. The minimum atomic E-state index is -0.867. The summed E-state index contributed by atoms with van der Waals surface area (Å²) >= 11 is 0. The van der Waals surface area contributed by atoms with Gasteiger partial charge >= 0.3 is 0 Å². The fourth-order valence-corrected chi connectivity index (χ4v) is 2.34. The van der Waals surface area contributed by atoms with E-state index >= 15 is 0 Å². The van der Waals surface area contributed by atoms with Gasteiger partial charge in [-0.2, -0.15) is 0 Å². The van der Waals surface area contributed by atoms with Crippen molar-refractivity contribution in [1.82, 2.24) is 10.6 Å². The molecule has 0 aliphatic rings. The molecule has 0 aliphatic carbocycles. The molecule has 1 atom stereocenters. The summed E-state index contributed by atoms with van der Waals surface area (Å²) < 4.78 is 26.1. The van der Waals surface area contributed by atoms with Gasteiger partial charge in [-0.3, -0.25) is 9.59 Å². The van der Waals surface area contributed by atoms with Gasteiger partial charge in [0.2, 0.25) is 5.91 Å². The highest BCUT2D eigenvalue weighted by molar-refractivity contribution is 5.96. The number of hydrogen-bond donors (Lipinski definition) is 3. The Morgan fingerprint density at radius 1 is 1.12 bits per heavy atom. The number of carbonyl (C=O) groups excluding carboxylic acids is 2. The fraction of sp³-hybridized carbons (Fsp3) is 0.529. The molecule has 1 unspecified atom stereocenters. The van der Waals surface area contributed by atoms with E-state index in [1.807, 2.05) is 27.7 Å².